The lowest BCUT2D eigenvalue weighted by atomic mass is 10.1. The summed E-state index contributed by atoms with van der Waals surface area (Å²) in [5, 5.41) is 7.00. The Hall–Kier alpha value is -3.64. The largest absolute Gasteiger partial charge is 0.491 e. The van der Waals surface area contributed by atoms with E-state index < -0.39 is 11.8 Å². The summed E-state index contributed by atoms with van der Waals surface area (Å²) in [4.78, 5) is 34.5. The van der Waals surface area contributed by atoms with Gasteiger partial charge in [-0.1, -0.05) is 0 Å². The molecule has 0 bridgehead atoms. The Morgan fingerprint density at radius 1 is 1.29 bits per heavy atom. The number of nitrogens with one attached hydrogen (secondary N) is 2. The van der Waals surface area contributed by atoms with Crippen LogP contribution in [-0.4, -0.2) is 75.9 Å². The highest BCUT2D eigenvalue weighted by atomic mass is 16.5. The number of rotatable bonds is 9. The van der Waals surface area contributed by atoms with Crippen molar-refractivity contribution < 1.29 is 19.1 Å². The second kappa shape index (κ2) is 10.1. The maximum atomic E-state index is 12.9. The molecule has 182 valence electrons. The molecule has 3 aromatic rings. The standard InChI is InChI=1S/C22H30N8O4/c1-3-30-19(17(23)13(2)28-30)21(32)27-22-25-15-11-14(20(24)31)12-16(18(15)26-22)34-8-4-5-29-6-9-33-10-7-29/h11-12H,3-10,23H2,1-2H3,(H2,24,31)(H2,25,26,27,32). The van der Waals surface area contributed by atoms with Crippen LogP contribution >= 0.6 is 0 Å². The SMILES string of the molecule is CCn1nc(C)c(N)c1C(=O)Nc1nc2c(OCCCN3CCOCC3)cc(C(N)=O)cc2[nH]1. The van der Waals surface area contributed by atoms with Gasteiger partial charge in [0.25, 0.3) is 5.91 Å². The normalized spacial score (nSPS) is 14.4. The first kappa shape index (κ1) is 23.5. The third-order valence-electron chi connectivity index (χ3n) is 5.74. The molecule has 34 heavy (non-hydrogen) atoms. The number of aromatic amines is 1. The average Bonchev–Trinajstić information content (AvgIpc) is 3.36. The monoisotopic (exact) mass is 470 g/mol. The molecular formula is C22H30N8O4. The van der Waals surface area contributed by atoms with Crippen LogP contribution < -0.4 is 21.5 Å². The Morgan fingerprint density at radius 3 is 2.76 bits per heavy atom. The Kier molecular flexibility index (Phi) is 6.98. The minimum absolute atomic E-state index is 0.195. The topological polar surface area (TPSA) is 166 Å². The maximum absolute atomic E-state index is 12.9. The van der Waals surface area contributed by atoms with Crippen molar-refractivity contribution in [2.75, 3.05) is 50.5 Å². The fourth-order valence-corrected chi connectivity index (χ4v) is 3.92. The smallest absolute Gasteiger partial charge is 0.278 e. The van der Waals surface area contributed by atoms with Crippen molar-refractivity contribution in [3.8, 4) is 5.75 Å². The van der Waals surface area contributed by atoms with Crippen LogP contribution in [0, 0.1) is 6.92 Å². The van der Waals surface area contributed by atoms with E-state index in [0.29, 0.717) is 41.3 Å². The molecule has 1 aliphatic heterocycles. The number of nitrogen functional groups attached to an aromatic ring is 1. The van der Waals surface area contributed by atoms with Crippen molar-refractivity contribution in [3.63, 3.8) is 0 Å². The number of ether oxygens (including phenoxy) is 2. The van der Waals surface area contributed by atoms with Crippen molar-refractivity contribution in [3.05, 3.63) is 29.1 Å². The van der Waals surface area contributed by atoms with Crippen LogP contribution in [-0.2, 0) is 11.3 Å². The molecule has 1 aliphatic rings. The van der Waals surface area contributed by atoms with Crippen LogP contribution in [0.2, 0.25) is 0 Å². The number of carbonyl (C=O) groups excluding carboxylic acids is 2. The predicted molar refractivity (Wildman–Crippen MR) is 127 cm³/mol. The van der Waals surface area contributed by atoms with Crippen LogP contribution in [0.1, 0.15) is 39.9 Å². The Morgan fingerprint density at radius 2 is 2.06 bits per heavy atom. The number of imidazole rings is 1. The minimum atomic E-state index is -0.588. The molecule has 12 nitrogen and oxygen atoms in total. The molecule has 12 heteroatoms. The molecule has 6 N–H and O–H groups in total. The highest BCUT2D eigenvalue weighted by Crippen LogP contribution is 2.28. The lowest BCUT2D eigenvalue weighted by molar-refractivity contribution is 0.0358. The maximum Gasteiger partial charge on any atom is 0.278 e. The Labute approximate surface area is 196 Å². The number of benzene rings is 1. The highest BCUT2D eigenvalue weighted by Gasteiger charge is 2.21. The van der Waals surface area contributed by atoms with Gasteiger partial charge in [0.2, 0.25) is 11.9 Å². The van der Waals surface area contributed by atoms with Gasteiger partial charge in [0.15, 0.2) is 0 Å². The van der Waals surface area contributed by atoms with Crippen molar-refractivity contribution in [1.82, 2.24) is 24.6 Å². The molecule has 3 heterocycles. The van der Waals surface area contributed by atoms with E-state index in [1.165, 1.54) is 4.68 Å². The van der Waals surface area contributed by atoms with E-state index in [2.05, 4.69) is 25.3 Å². The van der Waals surface area contributed by atoms with Gasteiger partial charge in [0.1, 0.15) is 17.0 Å². The number of aromatic nitrogens is 4. The molecule has 0 aliphatic carbocycles. The predicted octanol–water partition coefficient (Wildman–Crippen LogP) is 1.12. The molecule has 1 fully saturated rings. The number of fused-ring (bicyclic) bond motifs is 1. The fourth-order valence-electron chi connectivity index (χ4n) is 3.92. The van der Waals surface area contributed by atoms with Crippen molar-refractivity contribution in [2.24, 2.45) is 5.73 Å². The van der Waals surface area contributed by atoms with Gasteiger partial charge in [-0.15, -0.1) is 0 Å². The summed E-state index contributed by atoms with van der Waals surface area (Å²) in [5.41, 5.74) is 14.0. The van der Waals surface area contributed by atoms with Crippen LogP contribution in [0.25, 0.3) is 11.0 Å². The molecule has 0 unspecified atom stereocenters. The number of H-pyrrole nitrogens is 1. The van der Waals surface area contributed by atoms with Gasteiger partial charge in [-0.2, -0.15) is 5.10 Å². The lowest BCUT2D eigenvalue weighted by Crippen LogP contribution is -2.37. The quantitative estimate of drug-likeness (QED) is 0.338. The number of aryl methyl sites for hydroxylation is 2. The van der Waals surface area contributed by atoms with E-state index in [-0.39, 0.29) is 17.2 Å². The number of hydrogen-bond acceptors (Lipinski definition) is 8. The first-order valence-electron chi connectivity index (χ1n) is 11.3. The summed E-state index contributed by atoms with van der Waals surface area (Å²) in [5.74, 6) is -0.419. The van der Waals surface area contributed by atoms with Crippen LogP contribution in [0.4, 0.5) is 11.6 Å². The molecule has 2 aromatic heterocycles. The van der Waals surface area contributed by atoms with E-state index in [9.17, 15) is 9.59 Å². The second-order valence-corrected chi connectivity index (χ2v) is 8.09. The van der Waals surface area contributed by atoms with Gasteiger partial charge >= 0.3 is 0 Å². The molecular weight excluding hydrogens is 440 g/mol. The van der Waals surface area contributed by atoms with E-state index in [1.807, 2.05) is 6.92 Å². The summed E-state index contributed by atoms with van der Waals surface area (Å²) in [6.45, 7) is 8.74. The number of primary amides is 1. The molecule has 4 rings (SSSR count). The van der Waals surface area contributed by atoms with Crippen LogP contribution in [0.5, 0.6) is 5.75 Å². The number of nitrogens with zero attached hydrogens (tertiary/aromatic N) is 4. The number of nitrogens with two attached hydrogens (primary N) is 2. The fraction of sp³-hybridized carbons (Fsp3) is 0.455. The summed E-state index contributed by atoms with van der Waals surface area (Å²) in [7, 11) is 0. The number of carbonyl (C=O) groups is 2. The zero-order chi connectivity index (χ0) is 24.2. The van der Waals surface area contributed by atoms with Crippen molar-refractivity contribution >= 4 is 34.5 Å². The molecule has 0 atom stereocenters. The highest BCUT2D eigenvalue weighted by molar-refractivity contribution is 6.07. The molecule has 0 spiro atoms. The number of morpholine rings is 1. The van der Waals surface area contributed by atoms with Gasteiger partial charge < -0.3 is 25.9 Å². The van der Waals surface area contributed by atoms with Gasteiger partial charge in [-0.3, -0.25) is 24.5 Å². The minimum Gasteiger partial charge on any atom is -0.491 e. The number of anilines is 2. The number of hydrogen-bond donors (Lipinski definition) is 4. The Bertz CT molecular complexity index is 1200. The van der Waals surface area contributed by atoms with Gasteiger partial charge in [-0.25, -0.2) is 4.98 Å². The van der Waals surface area contributed by atoms with Gasteiger partial charge in [0.05, 0.1) is 36.7 Å². The van der Waals surface area contributed by atoms with E-state index in [1.54, 1.807) is 19.1 Å². The van der Waals surface area contributed by atoms with E-state index in [4.69, 9.17) is 20.9 Å². The second-order valence-electron chi connectivity index (χ2n) is 8.09. The molecule has 1 saturated heterocycles. The number of amides is 2. The molecule has 0 saturated carbocycles. The van der Waals surface area contributed by atoms with Crippen molar-refractivity contribution in [2.45, 2.75) is 26.8 Å². The van der Waals surface area contributed by atoms with Gasteiger partial charge in [-0.05, 0) is 32.4 Å². The summed E-state index contributed by atoms with van der Waals surface area (Å²) in [6.07, 6.45) is 0.802. The van der Waals surface area contributed by atoms with Crippen LogP contribution in [0.3, 0.4) is 0 Å². The summed E-state index contributed by atoms with van der Waals surface area (Å²) in [6, 6.07) is 3.15. The third-order valence-corrected chi connectivity index (χ3v) is 5.74. The first-order valence-corrected chi connectivity index (χ1v) is 11.3. The first-order chi connectivity index (χ1) is 16.4. The molecule has 0 radical (unpaired) electrons. The van der Waals surface area contributed by atoms with E-state index in [0.717, 1.165) is 39.3 Å². The molecule has 1 aromatic carbocycles. The third kappa shape index (κ3) is 4.97. The average molecular weight is 471 g/mol. The van der Waals surface area contributed by atoms with Crippen LogP contribution in [0.15, 0.2) is 12.1 Å². The van der Waals surface area contributed by atoms with E-state index >= 15 is 0 Å². The zero-order valence-corrected chi connectivity index (χ0v) is 19.4. The summed E-state index contributed by atoms with van der Waals surface area (Å²) >= 11 is 0. The van der Waals surface area contributed by atoms with Gasteiger partial charge in [0, 0.05) is 31.7 Å². The Balaban J connectivity index is 1.52. The summed E-state index contributed by atoms with van der Waals surface area (Å²) < 4.78 is 12.9. The molecule has 2 amide bonds. The lowest BCUT2D eigenvalue weighted by Gasteiger charge is -2.26. The van der Waals surface area contributed by atoms with Crippen molar-refractivity contribution in [1.29, 1.82) is 0 Å². The zero-order valence-electron chi connectivity index (χ0n) is 19.4.